The van der Waals surface area contributed by atoms with Crippen molar-refractivity contribution in [3.63, 3.8) is 0 Å². The second-order valence-electron chi connectivity index (χ2n) is 7.01. The zero-order chi connectivity index (χ0) is 23.3. The first-order valence-corrected chi connectivity index (χ1v) is 9.73. The van der Waals surface area contributed by atoms with E-state index in [0.29, 0.717) is 5.95 Å². The predicted octanol–water partition coefficient (Wildman–Crippen LogP) is 3.24. The lowest BCUT2D eigenvalue weighted by molar-refractivity contribution is -0.275. The number of amides is 1. The molecule has 2 heterocycles. The number of benzene rings is 1. The summed E-state index contributed by atoms with van der Waals surface area (Å²) < 4.78 is 65.2. The standard InChI is InChI=1S/C20H22F4N4O4/c1-30-11-15(12-5-6-16(13(21)9-12)32-20(22,23)24)25-18(29)14-10-17(31-2)27-19(26-14)28-7-3-4-8-28/h5-6,9-10,15H,3-4,7-8,11H2,1-2H3,(H,25,29). The van der Waals surface area contributed by atoms with Gasteiger partial charge in [0.15, 0.2) is 11.6 Å². The fraction of sp³-hybridized carbons (Fsp3) is 0.450. The number of halogens is 4. The summed E-state index contributed by atoms with van der Waals surface area (Å²) in [5.74, 6) is -2.25. The number of carbonyl (C=O) groups excluding carboxylic acids is 1. The lowest BCUT2D eigenvalue weighted by atomic mass is 10.1. The van der Waals surface area contributed by atoms with Crippen molar-refractivity contribution in [3.8, 4) is 11.6 Å². The maximum absolute atomic E-state index is 14.1. The number of ether oxygens (including phenoxy) is 3. The van der Waals surface area contributed by atoms with Crippen LogP contribution in [0.3, 0.4) is 0 Å². The van der Waals surface area contributed by atoms with Crippen molar-refractivity contribution in [3.05, 3.63) is 41.3 Å². The number of nitrogens with one attached hydrogen (secondary N) is 1. The summed E-state index contributed by atoms with van der Waals surface area (Å²) >= 11 is 0. The third kappa shape index (κ3) is 5.96. The Kier molecular flexibility index (Phi) is 7.33. The van der Waals surface area contributed by atoms with Gasteiger partial charge in [-0.25, -0.2) is 9.37 Å². The normalized spacial score (nSPS) is 14.9. The molecule has 1 aromatic carbocycles. The van der Waals surface area contributed by atoms with E-state index < -0.39 is 29.9 Å². The number of alkyl halides is 3. The van der Waals surface area contributed by atoms with Crippen molar-refractivity contribution in [2.24, 2.45) is 0 Å². The van der Waals surface area contributed by atoms with E-state index in [4.69, 9.17) is 9.47 Å². The van der Waals surface area contributed by atoms with Crippen LogP contribution in [-0.2, 0) is 4.74 Å². The van der Waals surface area contributed by atoms with Gasteiger partial charge >= 0.3 is 6.36 Å². The number of aromatic nitrogens is 2. The molecule has 1 aromatic heterocycles. The molecule has 1 fully saturated rings. The van der Waals surface area contributed by atoms with Crippen LogP contribution in [0.1, 0.15) is 34.9 Å². The average Bonchev–Trinajstić information content (AvgIpc) is 3.28. The second-order valence-corrected chi connectivity index (χ2v) is 7.01. The Bertz CT molecular complexity index is 952. The van der Waals surface area contributed by atoms with Gasteiger partial charge in [0, 0.05) is 26.3 Å². The van der Waals surface area contributed by atoms with Gasteiger partial charge in [-0.05, 0) is 30.5 Å². The molecular formula is C20H22F4N4O4. The molecule has 1 N–H and O–H groups in total. The van der Waals surface area contributed by atoms with Crippen LogP contribution in [0.15, 0.2) is 24.3 Å². The van der Waals surface area contributed by atoms with Gasteiger partial charge in [0.05, 0.1) is 19.8 Å². The fourth-order valence-corrected chi connectivity index (χ4v) is 3.25. The molecule has 0 spiro atoms. The van der Waals surface area contributed by atoms with Crippen molar-refractivity contribution in [1.82, 2.24) is 15.3 Å². The molecule has 1 unspecified atom stereocenters. The molecule has 2 aromatic rings. The zero-order valence-corrected chi connectivity index (χ0v) is 17.4. The largest absolute Gasteiger partial charge is 0.573 e. The van der Waals surface area contributed by atoms with E-state index in [-0.39, 0.29) is 23.7 Å². The first kappa shape index (κ1) is 23.5. The highest BCUT2D eigenvalue weighted by molar-refractivity contribution is 5.93. The molecular weight excluding hydrogens is 436 g/mol. The molecule has 0 saturated carbocycles. The molecule has 1 saturated heterocycles. The molecule has 0 aliphatic carbocycles. The van der Waals surface area contributed by atoms with Gasteiger partial charge in [0.2, 0.25) is 11.8 Å². The van der Waals surface area contributed by atoms with Gasteiger partial charge in [-0.15, -0.1) is 13.2 Å². The van der Waals surface area contributed by atoms with Crippen LogP contribution >= 0.6 is 0 Å². The first-order chi connectivity index (χ1) is 15.2. The van der Waals surface area contributed by atoms with Crippen LogP contribution < -0.4 is 19.7 Å². The lowest BCUT2D eigenvalue weighted by Crippen LogP contribution is -2.32. The Morgan fingerprint density at radius 3 is 2.50 bits per heavy atom. The average molecular weight is 458 g/mol. The Balaban J connectivity index is 1.82. The Morgan fingerprint density at radius 2 is 1.91 bits per heavy atom. The summed E-state index contributed by atoms with van der Waals surface area (Å²) in [7, 11) is 2.79. The molecule has 1 atom stereocenters. The van der Waals surface area contributed by atoms with E-state index in [9.17, 15) is 22.4 Å². The van der Waals surface area contributed by atoms with Crippen molar-refractivity contribution in [2.45, 2.75) is 25.2 Å². The number of anilines is 1. The topological polar surface area (TPSA) is 85.8 Å². The fourth-order valence-electron chi connectivity index (χ4n) is 3.25. The smallest absolute Gasteiger partial charge is 0.481 e. The molecule has 1 aliphatic rings. The third-order valence-corrected chi connectivity index (χ3v) is 4.74. The molecule has 3 rings (SSSR count). The van der Waals surface area contributed by atoms with Gasteiger partial charge in [0.25, 0.3) is 5.91 Å². The van der Waals surface area contributed by atoms with Gasteiger partial charge in [-0.2, -0.15) is 4.98 Å². The minimum absolute atomic E-state index is 0.0253. The monoisotopic (exact) mass is 458 g/mol. The Labute approximate surface area is 181 Å². The van der Waals surface area contributed by atoms with E-state index in [1.54, 1.807) is 0 Å². The minimum Gasteiger partial charge on any atom is -0.481 e. The maximum atomic E-state index is 14.1. The van der Waals surface area contributed by atoms with Gasteiger partial charge in [-0.3, -0.25) is 4.79 Å². The Morgan fingerprint density at radius 1 is 1.19 bits per heavy atom. The highest BCUT2D eigenvalue weighted by atomic mass is 19.4. The molecule has 174 valence electrons. The molecule has 32 heavy (non-hydrogen) atoms. The molecule has 0 radical (unpaired) electrons. The van der Waals surface area contributed by atoms with Gasteiger partial charge in [0.1, 0.15) is 5.69 Å². The molecule has 8 nitrogen and oxygen atoms in total. The summed E-state index contributed by atoms with van der Waals surface area (Å²) in [5.41, 5.74) is 0.213. The summed E-state index contributed by atoms with van der Waals surface area (Å²) in [6.07, 6.45) is -3.06. The molecule has 12 heteroatoms. The van der Waals surface area contributed by atoms with E-state index in [1.165, 1.54) is 26.4 Å². The minimum atomic E-state index is -5.03. The van der Waals surface area contributed by atoms with E-state index in [1.807, 2.05) is 4.90 Å². The lowest BCUT2D eigenvalue weighted by Gasteiger charge is -2.20. The number of methoxy groups -OCH3 is 2. The van der Waals surface area contributed by atoms with E-state index >= 15 is 0 Å². The SMILES string of the molecule is COCC(NC(=O)c1cc(OC)nc(N2CCCC2)n1)c1ccc(OC(F)(F)F)c(F)c1. The first-order valence-electron chi connectivity index (χ1n) is 9.73. The van der Waals surface area contributed by atoms with Crippen molar-refractivity contribution in [2.75, 3.05) is 38.8 Å². The van der Waals surface area contributed by atoms with Crippen LogP contribution in [0.2, 0.25) is 0 Å². The molecule has 0 bridgehead atoms. The van der Waals surface area contributed by atoms with Crippen LogP contribution in [0.25, 0.3) is 0 Å². The maximum Gasteiger partial charge on any atom is 0.573 e. The van der Waals surface area contributed by atoms with E-state index in [0.717, 1.165) is 38.1 Å². The summed E-state index contributed by atoms with van der Waals surface area (Å²) in [4.78, 5) is 23.4. The summed E-state index contributed by atoms with van der Waals surface area (Å²) in [6, 6.07) is 3.40. The van der Waals surface area contributed by atoms with Crippen molar-refractivity contribution in [1.29, 1.82) is 0 Å². The number of rotatable bonds is 8. The molecule has 1 aliphatic heterocycles. The summed E-state index contributed by atoms with van der Waals surface area (Å²) in [6.45, 7) is 1.45. The zero-order valence-electron chi connectivity index (χ0n) is 17.4. The highest BCUT2D eigenvalue weighted by Crippen LogP contribution is 2.28. The van der Waals surface area contributed by atoms with Crippen molar-refractivity contribution >= 4 is 11.9 Å². The van der Waals surface area contributed by atoms with Crippen molar-refractivity contribution < 1.29 is 36.6 Å². The quantitative estimate of drug-likeness (QED) is 0.608. The predicted molar refractivity (Wildman–Crippen MR) is 105 cm³/mol. The second kappa shape index (κ2) is 9.98. The van der Waals surface area contributed by atoms with Crippen LogP contribution in [-0.4, -0.2) is 56.2 Å². The number of nitrogens with zero attached hydrogens (tertiary/aromatic N) is 3. The van der Waals surface area contributed by atoms with Gasteiger partial charge in [-0.1, -0.05) is 6.07 Å². The molecule has 1 amide bonds. The number of carbonyl (C=O) groups is 1. The van der Waals surface area contributed by atoms with Crippen LogP contribution in [0.4, 0.5) is 23.5 Å². The van der Waals surface area contributed by atoms with Crippen LogP contribution in [0.5, 0.6) is 11.6 Å². The van der Waals surface area contributed by atoms with E-state index in [2.05, 4.69) is 20.0 Å². The van der Waals surface area contributed by atoms with Crippen LogP contribution in [0, 0.1) is 5.82 Å². The Hall–Kier alpha value is -3.15. The number of hydrogen-bond donors (Lipinski definition) is 1. The highest BCUT2D eigenvalue weighted by Gasteiger charge is 2.32. The third-order valence-electron chi connectivity index (χ3n) is 4.74. The number of hydrogen-bond acceptors (Lipinski definition) is 7. The summed E-state index contributed by atoms with van der Waals surface area (Å²) in [5, 5.41) is 2.66. The van der Waals surface area contributed by atoms with Gasteiger partial charge < -0.3 is 24.4 Å².